The molecule has 0 saturated heterocycles. The standard InChI is InChI=1S/C11H18O2/c1-11(2)6-4-5-9(8-11)7-10(12)13-3/h8H,4-7H2,1-3H3. The van der Waals surface area contributed by atoms with E-state index in [1.54, 1.807) is 0 Å². The summed E-state index contributed by atoms with van der Waals surface area (Å²) in [6, 6.07) is 0. The topological polar surface area (TPSA) is 26.3 Å². The Morgan fingerprint density at radius 3 is 2.85 bits per heavy atom. The number of esters is 1. The van der Waals surface area contributed by atoms with Gasteiger partial charge in [0.25, 0.3) is 0 Å². The van der Waals surface area contributed by atoms with E-state index in [-0.39, 0.29) is 11.4 Å². The van der Waals surface area contributed by atoms with Crippen LogP contribution in [-0.4, -0.2) is 13.1 Å². The molecule has 0 aromatic rings. The minimum atomic E-state index is -0.121. The third-order valence-corrected chi connectivity index (χ3v) is 2.51. The van der Waals surface area contributed by atoms with E-state index in [0.717, 1.165) is 6.42 Å². The van der Waals surface area contributed by atoms with Crippen LogP contribution in [0.1, 0.15) is 39.5 Å². The van der Waals surface area contributed by atoms with Crippen LogP contribution in [0.5, 0.6) is 0 Å². The van der Waals surface area contributed by atoms with E-state index in [1.807, 2.05) is 0 Å². The smallest absolute Gasteiger partial charge is 0.309 e. The van der Waals surface area contributed by atoms with Crippen LogP contribution in [0.15, 0.2) is 11.6 Å². The van der Waals surface area contributed by atoms with Gasteiger partial charge in [-0.15, -0.1) is 0 Å². The van der Waals surface area contributed by atoms with Crippen LogP contribution in [0.4, 0.5) is 0 Å². The van der Waals surface area contributed by atoms with Gasteiger partial charge in [-0.1, -0.05) is 25.5 Å². The maximum absolute atomic E-state index is 11.0. The maximum atomic E-state index is 11.0. The van der Waals surface area contributed by atoms with Crippen molar-refractivity contribution < 1.29 is 9.53 Å². The summed E-state index contributed by atoms with van der Waals surface area (Å²) in [6.45, 7) is 4.42. The quantitative estimate of drug-likeness (QED) is 0.485. The second-order valence-corrected chi connectivity index (χ2v) is 4.40. The molecule has 0 aromatic carbocycles. The van der Waals surface area contributed by atoms with Gasteiger partial charge in [-0.05, 0) is 24.7 Å². The molecule has 0 fully saturated rings. The molecule has 0 bridgehead atoms. The van der Waals surface area contributed by atoms with Crippen molar-refractivity contribution in [2.75, 3.05) is 7.11 Å². The van der Waals surface area contributed by atoms with Crippen LogP contribution in [0.25, 0.3) is 0 Å². The molecule has 0 heterocycles. The van der Waals surface area contributed by atoms with E-state index in [1.165, 1.54) is 25.5 Å². The van der Waals surface area contributed by atoms with Crippen molar-refractivity contribution in [3.63, 3.8) is 0 Å². The van der Waals surface area contributed by atoms with Gasteiger partial charge in [-0.25, -0.2) is 0 Å². The van der Waals surface area contributed by atoms with Crippen LogP contribution < -0.4 is 0 Å². The van der Waals surface area contributed by atoms with Crippen molar-refractivity contribution >= 4 is 5.97 Å². The lowest BCUT2D eigenvalue weighted by molar-refractivity contribution is -0.139. The van der Waals surface area contributed by atoms with Crippen molar-refractivity contribution in [1.29, 1.82) is 0 Å². The Balaban J connectivity index is 2.59. The minimum absolute atomic E-state index is 0.121. The molecule has 0 saturated carbocycles. The van der Waals surface area contributed by atoms with Crippen molar-refractivity contribution in [1.82, 2.24) is 0 Å². The van der Waals surface area contributed by atoms with Crippen LogP contribution in [0, 0.1) is 5.41 Å². The fraction of sp³-hybridized carbons (Fsp3) is 0.727. The summed E-state index contributed by atoms with van der Waals surface area (Å²) in [5.41, 5.74) is 1.50. The lowest BCUT2D eigenvalue weighted by atomic mass is 9.79. The van der Waals surface area contributed by atoms with E-state index in [4.69, 9.17) is 0 Å². The molecule has 0 spiro atoms. The molecule has 13 heavy (non-hydrogen) atoms. The van der Waals surface area contributed by atoms with Crippen molar-refractivity contribution in [3.8, 4) is 0 Å². The molecular formula is C11H18O2. The first-order valence-electron chi connectivity index (χ1n) is 4.81. The number of methoxy groups -OCH3 is 1. The molecule has 1 rings (SSSR count). The Labute approximate surface area is 80.0 Å². The summed E-state index contributed by atoms with van der Waals surface area (Å²) in [5.74, 6) is -0.121. The van der Waals surface area contributed by atoms with Gasteiger partial charge in [0.2, 0.25) is 0 Å². The molecule has 74 valence electrons. The van der Waals surface area contributed by atoms with Crippen LogP contribution in [0.3, 0.4) is 0 Å². The van der Waals surface area contributed by atoms with Gasteiger partial charge in [-0.3, -0.25) is 4.79 Å². The molecule has 2 nitrogen and oxygen atoms in total. The third-order valence-electron chi connectivity index (χ3n) is 2.51. The zero-order valence-electron chi connectivity index (χ0n) is 8.72. The first kappa shape index (κ1) is 10.3. The largest absolute Gasteiger partial charge is 0.469 e. The van der Waals surface area contributed by atoms with Gasteiger partial charge >= 0.3 is 5.97 Å². The summed E-state index contributed by atoms with van der Waals surface area (Å²) < 4.78 is 4.64. The average molecular weight is 182 g/mol. The molecule has 0 aliphatic heterocycles. The molecule has 1 aliphatic carbocycles. The molecule has 0 amide bonds. The Morgan fingerprint density at radius 1 is 1.62 bits per heavy atom. The molecule has 0 N–H and O–H groups in total. The molecule has 2 heteroatoms. The summed E-state index contributed by atoms with van der Waals surface area (Å²) >= 11 is 0. The second kappa shape index (κ2) is 3.95. The Hall–Kier alpha value is -0.790. The van der Waals surface area contributed by atoms with E-state index >= 15 is 0 Å². The molecule has 0 unspecified atom stereocenters. The highest BCUT2D eigenvalue weighted by Gasteiger charge is 2.21. The summed E-state index contributed by atoms with van der Waals surface area (Å²) in [5, 5.41) is 0. The van der Waals surface area contributed by atoms with Crippen molar-refractivity contribution in [2.24, 2.45) is 5.41 Å². The van der Waals surface area contributed by atoms with Gasteiger partial charge in [0.1, 0.15) is 0 Å². The molecule has 0 aromatic heterocycles. The number of allylic oxidation sites excluding steroid dienone is 1. The van der Waals surface area contributed by atoms with Gasteiger partial charge in [0.15, 0.2) is 0 Å². The molecule has 0 atom stereocenters. The fourth-order valence-electron chi connectivity index (χ4n) is 1.86. The fourth-order valence-corrected chi connectivity index (χ4v) is 1.86. The lowest BCUT2D eigenvalue weighted by Crippen LogP contribution is -2.15. The summed E-state index contributed by atoms with van der Waals surface area (Å²) in [6.07, 6.45) is 6.17. The van der Waals surface area contributed by atoms with Gasteiger partial charge in [0.05, 0.1) is 13.5 Å². The normalized spacial score (nSPS) is 20.7. The molecule has 0 radical (unpaired) electrons. The summed E-state index contributed by atoms with van der Waals surface area (Å²) in [7, 11) is 1.44. The van der Waals surface area contributed by atoms with Gasteiger partial charge < -0.3 is 4.74 Å². The Bertz CT molecular complexity index is 226. The van der Waals surface area contributed by atoms with Crippen LogP contribution in [-0.2, 0) is 9.53 Å². The number of carbonyl (C=O) groups is 1. The van der Waals surface area contributed by atoms with Gasteiger partial charge in [-0.2, -0.15) is 0 Å². The van der Waals surface area contributed by atoms with Crippen LogP contribution in [0.2, 0.25) is 0 Å². The number of carbonyl (C=O) groups excluding carboxylic acids is 1. The number of hydrogen-bond donors (Lipinski definition) is 0. The maximum Gasteiger partial charge on any atom is 0.309 e. The minimum Gasteiger partial charge on any atom is -0.469 e. The highest BCUT2D eigenvalue weighted by Crippen LogP contribution is 2.34. The summed E-state index contributed by atoms with van der Waals surface area (Å²) in [4.78, 5) is 11.0. The Kier molecular flexibility index (Phi) is 3.12. The average Bonchev–Trinajstić information content (AvgIpc) is 2.02. The second-order valence-electron chi connectivity index (χ2n) is 4.40. The predicted octanol–water partition coefficient (Wildman–Crippen LogP) is 2.69. The number of rotatable bonds is 2. The van der Waals surface area contributed by atoms with Gasteiger partial charge in [0, 0.05) is 0 Å². The zero-order chi connectivity index (χ0) is 9.90. The zero-order valence-corrected chi connectivity index (χ0v) is 8.72. The highest BCUT2D eigenvalue weighted by molar-refractivity contribution is 5.72. The first-order chi connectivity index (χ1) is 6.03. The first-order valence-corrected chi connectivity index (χ1v) is 4.81. The lowest BCUT2D eigenvalue weighted by Gasteiger charge is -2.27. The van der Waals surface area contributed by atoms with Crippen molar-refractivity contribution in [3.05, 3.63) is 11.6 Å². The third kappa shape index (κ3) is 3.21. The van der Waals surface area contributed by atoms with E-state index in [9.17, 15) is 4.79 Å². The van der Waals surface area contributed by atoms with E-state index < -0.39 is 0 Å². The SMILES string of the molecule is COC(=O)CC1=CC(C)(C)CCC1. The molecule has 1 aliphatic rings. The van der Waals surface area contributed by atoms with E-state index in [2.05, 4.69) is 24.7 Å². The molecular weight excluding hydrogens is 164 g/mol. The van der Waals surface area contributed by atoms with Crippen molar-refractivity contribution in [2.45, 2.75) is 39.5 Å². The predicted molar refractivity (Wildman–Crippen MR) is 52.3 cm³/mol. The van der Waals surface area contributed by atoms with E-state index in [0.29, 0.717) is 6.42 Å². The number of ether oxygens (including phenoxy) is 1. The Morgan fingerprint density at radius 2 is 2.31 bits per heavy atom. The van der Waals surface area contributed by atoms with Crippen LogP contribution >= 0.6 is 0 Å². The highest BCUT2D eigenvalue weighted by atomic mass is 16.5. The monoisotopic (exact) mass is 182 g/mol. The number of hydrogen-bond acceptors (Lipinski definition) is 2.